The van der Waals surface area contributed by atoms with Gasteiger partial charge in [0.25, 0.3) is 0 Å². The van der Waals surface area contributed by atoms with Crippen LogP contribution in [0.2, 0.25) is 0 Å². The van der Waals surface area contributed by atoms with E-state index in [2.05, 4.69) is 10.2 Å². The van der Waals surface area contributed by atoms with Gasteiger partial charge in [0.2, 0.25) is 0 Å². The van der Waals surface area contributed by atoms with E-state index in [9.17, 15) is 0 Å². The van der Waals surface area contributed by atoms with Gasteiger partial charge in [0.05, 0.1) is 11.4 Å². The fourth-order valence-corrected chi connectivity index (χ4v) is 1.53. The van der Waals surface area contributed by atoms with Gasteiger partial charge in [-0.3, -0.25) is 0 Å². The first-order valence-electron chi connectivity index (χ1n) is 6.15. The van der Waals surface area contributed by atoms with Crippen molar-refractivity contribution >= 4 is 32.3 Å². The van der Waals surface area contributed by atoms with Gasteiger partial charge < -0.3 is 4.90 Å². The Hall–Kier alpha value is -1.88. The van der Waals surface area contributed by atoms with Crippen molar-refractivity contribution in [3.8, 4) is 0 Å². The van der Waals surface area contributed by atoms with Crippen LogP contribution in [0.5, 0.6) is 0 Å². The van der Waals surface area contributed by atoms with Gasteiger partial charge >= 0.3 is 27.2 Å². The molecule has 0 saturated carbocycles. The molecule has 0 aliphatic carbocycles. The molecule has 0 spiro atoms. The van der Waals surface area contributed by atoms with Crippen molar-refractivity contribution in [3.05, 3.63) is 54.6 Å². The molecule has 6 nitrogen and oxygen atoms in total. The van der Waals surface area contributed by atoms with Crippen molar-refractivity contribution in [2.24, 2.45) is 10.2 Å². The Kier molecular flexibility index (Phi) is 7.46. The van der Waals surface area contributed by atoms with Gasteiger partial charge in [0.1, 0.15) is 5.69 Å². The van der Waals surface area contributed by atoms with Crippen molar-refractivity contribution in [1.29, 1.82) is 0 Å². The number of hydrogen-bond donors (Lipinski definition) is 2. The Bertz CT molecular complexity index is 599. The monoisotopic (exact) mass is 351 g/mol. The van der Waals surface area contributed by atoms with Crippen molar-refractivity contribution in [2.75, 3.05) is 19.0 Å². The van der Waals surface area contributed by atoms with Crippen LogP contribution in [0.4, 0.5) is 17.1 Å². The number of rotatable bonds is 3. The minimum atomic E-state index is -3.58. The van der Waals surface area contributed by atoms with E-state index in [4.69, 9.17) is 11.9 Å². The van der Waals surface area contributed by atoms with Crippen molar-refractivity contribution in [3.63, 3.8) is 0 Å². The Morgan fingerprint density at radius 2 is 1.43 bits per heavy atom. The van der Waals surface area contributed by atoms with Crippen molar-refractivity contribution in [2.45, 2.75) is 0 Å². The molecule has 0 fully saturated rings. The third kappa shape index (κ3) is 6.90. The normalized spacial score (nSPS) is 10.3. The van der Waals surface area contributed by atoms with Gasteiger partial charge in [0, 0.05) is 14.1 Å². The van der Waals surface area contributed by atoms with Crippen LogP contribution in [0.15, 0.2) is 64.8 Å². The van der Waals surface area contributed by atoms with Crippen LogP contribution in [0.1, 0.15) is 0 Å². The number of para-hydroxylation sites is 1. The van der Waals surface area contributed by atoms with Gasteiger partial charge in [-0.05, 0) is 24.3 Å². The van der Waals surface area contributed by atoms with E-state index < -0.39 is 15.3 Å². The van der Waals surface area contributed by atoms with Crippen LogP contribution < -0.4 is 4.90 Å². The van der Waals surface area contributed by atoms with E-state index in [1.165, 1.54) is 0 Å². The second-order valence-electron chi connectivity index (χ2n) is 4.20. The summed E-state index contributed by atoms with van der Waals surface area (Å²) in [6.45, 7) is 0. The molecular weight excluding hydrogens is 333 g/mol. The zero-order valence-corrected chi connectivity index (χ0v) is 13.9. The predicted octanol–water partition coefficient (Wildman–Crippen LogP) is 2.29. The molecule has 7 heteroatoms. The molecule has 2 N–H and O–H groups in total. The fourth-order valence-electron chi connectivity index (χ4n) is 1.53. The third-order valence-corrected chi connectivity index (χ3v) is 2.39. The molecule has 0 amide bonds. The molecule has 0 aliphatic rings. The molecular formula is C14H18AsN3O3. The summed E-state index contributed by atoms with van der Waals surface area (Å²) in [7, 11) is 3.99. The molecule has 0 unspecified atom stereocenters. The summed E-state index contributed by atoms with van der Waals surface area (Å²) >= 11 is -3.58. The third-order valence-electron chi connectivity index (χ3n) is 2.39. The first kappa shape index (κ1) is 17.2. The van der Waals surface area contributed by atoms with Gasteiger partial charge in [-0.15, -0.1) is 5.11 Å². The van der Waals surface area contributed by atoms with Crippen molar-refractivity contribution < 1.29 is 11.9 Å². The van der Waals surface area contributed by atoms with Crippen LogP contribution in [-0.4, -0.2) is 37.6 Å². The van der Waals surface area contributed by atoms with Crippen LogP contribution in [-0.2, 0) is 3.74 Å². The maximum atomic E-state index is 8.81. The minimum absolute atomic E-state index is 0.862. The molecule has 0 atom stereocenters. The Morgan fingerprint density at radius 3 is 2.00 bits per heavy atom. The summed E-state index contributed by atoms with van der Waals surface area (Å²) in [6.07, 6.45) is 0. The summed E-state index contributed by atoms with van der Waals surface area (Å²) in [5.74, 6) is 0. The SMILES string of the molecule is CN(C)c1ccccc1N=Nc1ccccc1.O=[AsH](O)O. The van der Waals surface area contributed by atoms with E-state index in [1.54, 1.807) is 0 Å². The van der Waals surface area contributed by atoms with Crippen LogP contribution in [0.3, 0.4) is 0 Å². The number of benzene rings is 2. The number of hydrogen-bond acceptors (Lipinski definition) is 4. The summed E-state index contributed by atoms with van der Waals surface area (Å²) in [4.78, 5) is 2.03. The standard InChI is InChI=1S/C14H15N3.AsH3O3/c1-17(2)14-11-7-6-10-13(14)16-15-12-8-4-3-5-9-12;2-1(3)4/h3-11H,1-2H3;1H,(H2,2,3,4). The molecule has 0 saturated heterocycles. The zero-order chi connectivity index (χ0) is 15.7. The molecule has 0 heterocycles. The number of azo groups is 1. The molecule has 21 heavy (non-hydrogen) atoms. The fraction of sp³-hybridized carbons (Fsp3) is 0.143. The summed E-state index contributed by atoms with van der Waals surface area (Å²) in [5, 5.41) is 8.50. The second-order valence-corrected chi connectivity index (χ2v) is 5.39. The molecule has 0 bridgehead atoms. The summed E-state index contributed by atoms with van der Waals surface area (Å²) < 4.78 is 23.2. The van der Waals surface area contributed by atoms with Gasteiger partial charge in [0.15, 0.2) is 0 Å². The van der Waals surface area contributed by atoms with E-state index in [-0.39, 0.29) is 0 Å². The van der Waals surface area contributed by atoms with Crippen LogP contribution >= 0.6 is 0 Å². The Labute approximate surface area is 128 Å². The first-order valence-corrected chi connectivity index (χ1v) is 8.89. The van der Waals surface area contributed by atoms with E-state index in [0.29, 0.717) is 0 Å². The zero-order valence-electron chi connectivity index (χ0n) is 11.8. The molecule has 112 valence electrons. The average Bonchev–Trinajstić information content (AvgIpc) is 2.46. The second kappa shape index (κ2) is 9.13. The predicted molar refractivity (Wildman–Crippen MR) is 83.7 cm³/mol. The van der Waals surface area contributed by atoms with Crippen LogP contribution in [0.25, 0.3) is 0 Å². The summed E-state index contributed by atoms with van der Waals surface area (Å²) in [5.41, 5.74) is 2.80. The molecule has 0 aliphatic heterocycles. The van der Waals surface area contributed by atoms with Crippen molar-refractivity contribution in [1.82, 2.24) is 0 Å². The molecule has 2 aromatic rings. The van der Waals surface area contributed by atoms with Gasteiger partial charge in [-0.25, -0.2) is 0 Å². The van der Waals surface area contributed by atoms with E-state index >= 15 is 0 Å². The number of anilines is 1. The first-order chi connectivity index (χ1) is 10.0. The molecule has 0 radical (unpaired) electrons. The molecule has 2 rings (SSSR count). The Balaban J connectivity index is 0.000000491. The summed E-state index contributed by atoms with van der Waals surface area (Å²) in [6, 6.07) is 17.7. The number of nitrogens with zero attached hydrogens (tertiary/aromatic N) is 3. The molecule has 0 aromatic heterocycles. The maximum absolute atomic E-state index is 8.81. The van der Waals surface area contributed by atoms with Crippen LogP contribution in [0, 0.1) is 0 Å². The van der Waals surface area contributed by atoms with E-state index in [0.717, 1.165) is 17.1 Å². The Morgan fingerprint density at radius 1 is 0.905 bits per heavy atom. The average molecular weight is 351 g/mol. The van der Waals surface area contributed by atoms with Gasteiger partial charge in [-0.1, -0.05) is 30.3 Å². The van der Waals surface area contributed by atoms with Gasteiger partial charge in [-0.2, -0.15) is 5.11 Å². The quantitative estimate of drug-likeness (QED) is 0.656. The molecule has 2 aromatic carbocycles. The topological polar surface area (TPSA) is 85.5 Å². The van der Waals surface area contributed by atoms with E-state index in [1.807, 2.05) is 73.6 Å².